The second-order valence-electron chi connectivity index (χ2n) is 10.0. The first kappa shape index (κ1) is 22.3. The number of pyridine rings is 1. The molecule has 8 nitrogen and oxygen atoms in total. The zero-order valence-electron chi connectivity index (χ0n) is 20.0. The van der Waals surface area contributed by atoms with Gasteiger partial charge < -0.3 is 14.8 Å². The molecule has 6 rings (SSSR count). The maximum Gasteiger partial charge on any atom is 0.256 e. The molecule has 1 aliphatic heterocycles. The second kappa shape index (κ2) is 8.82. The van der Waals surface area contributed by atoms with Gasteiger partial charge in [0.2, 0.25) is 5.95 Å². The molecule has 0 radical (unpaired) electrons. The van der Waals surface area contributed by atoms with Gasteiger partial charge in [0, 0.05) is 23.8 Å². The SMILES string of the molecule is Cc1nc2ccc(-c3ccn4nc(NC5CC(N6CCC(C)CC6)C5)ncc34)nc2n1CC(F)F. The van der Waals surface area contributed by atoms with Gasteiger partial charge in [-0.05, 0) is 69.8 Å². The van der Waals surface area contributed by atoms with Crippen LogP contribution in [0.5, 0.6) is 0 Å². The second-order valence-corrected chi connectivity index (χ2v) is 10.0. The van der Waals surface area contributed by atoms with Gasteiger partial charge in [-0.25, -0.2) is 28.2 Å². The van der Waals surface area contributed by atoms with Crippen LogP contribution < -0.4 is 5.32 Å². The number of aromatic nitrogens is 6. The Balaban J connectivity index is 1.18. The molecule has 184 valence electrons. The first-order valence-corrected chi connectivity index (χ1v) is 12.4. The summed E-state index contributed by atoms with van der Waals surface area (Å²) < 4.78 is 29.4. The number of fused-ring (bicyclic) bond motifs is 2. The fraction of sp³-hybridized carbons (Fsp3) is 0.520. The first-order chi connectivity index (χ1) is 16.9. The number of likely N-dealkylation sites (tertiary alicyclic amines) is 1. The molecule has 1 N–H and O–H groups in total. The van der Waals surface area contributed by atoms with E-state index in [1.54, 1.807) is 17.6 Å². The van der Waals surface area contributed by atoms with E-state index in [0.29, 0.717) is 40.7 Å². The summed E-state index contributed by atoms with van der Waals surface area (Å²) in [4.78, 5) is 16.2. The third-order valence-electron chi connectivity index (χ3n) is 7.58. The minimum atomic E-state index is -2.47. The first-order valence-electron chi connectivity index (χ1n) is 12.4. The van der Waals surface area contributed by atoms with Gasteiger partial charge in [0.25, 0.3) is 6.43 Å². The van der Waals surface area contributed by atoms with Crippen LogP contribution >= 0.6 is 0 Å². The van der Waals surface area contributed by atoms with Gasteiger partial charge in [-0.3, -0.25) is 0 Å². The van der Waals surface area contributed by atoms with Crippen LogP contribution in [0.15, 0.2) is 30.6 Å². The lowest BCUT2D eigenvalue weighted by Crippen LogP contribution is -2.52. The monoisotopic (exact) mass is 480 g/mol. The Hall–Kier alpha value is -3.14. The third-order valence-corrected chi connectivity index (χ3v) is 7.58. The van der Waals surface area contributed by atoms with Crippen molar-refractivity contribution in [2.24, 2.45) is 5.92 Å². The summed E-state index contributed by atoms with van der Waals surface area (Å²) in [6, 6.07) is 6.68. The van der Waals surface area contributed by atoms with Gasteiger partial charge in [0.1, 0.15) is 11.3 Å². The number of nitrogens with zero attached hydrogens (tertiary/aromatic N) is 7. The molecule has 1 aliphatic carbocycles. The molecule has 5 heterocycles. The van der Waals surface area contributed by atoms with Crippen molar-refractivity contribution in [1.29, 1.82) is 0 Å². The summed E-state index contributed by atoms with van der Waals surface area (Å²) in [5, 5.41) is 8.13. The highest BCUT2D eigenvalue weighted by atomic mass is 19.3. The zero-order chi connectivity index (χ0) is 24.1. The Bertz CT molecular complexity index is 1350. The van der Waals surface area contributed by atoms with Crippen molar-refractivity contribution in [3.63, 3.8) is 0 Å². The van der Waals surface area contributed by atoms with E-state index in [9.17, 15) is 8.78 Å². The quantitative estimate of drug-likeness (QED) is 0.441. The molecule has 2 fully saturated rings. The maximum absolute atomic E-state index is 13.1. The Morgan fingerprint density at radius 2 is 1.91 bits per heavy atom. The van der Waals surface area contributed by atoms with Gasteiger partial charge in [0.15, 0.2) is 5.65 Å². The molecule has 4 aromatic rings. The summed E-state index contributed by atoms with van der Waals surface area (Å²) in [6.07, 6.45) is 6.07. The Morgan fingerprint density at radius 3 is 2.69 bits per heavy atom. The number of rotatable bonds is 6. The summed E-state index contributed by atoms with van der Waals surface area (Å²) in [5.41, 5.74) is 3.41. The molecule has 0 unspecified atom stereocenters. The van der Waals surface area contributed by atoms with Gasteiger partial charge in [-0.2, -0.15) is 0 Å². The lowest BCUT2D eigenvalue weighted by molar-refractivity contribution is 0.0804. The molecule has 4 aromatic heterocycles. The lowest BCUT2D eigenvalue weighted by Gasteiger charge is -2.45. The van der Waals surface area contributed by atoms with E-state index in [-0.39, 0.29) is 0 Å². The van der Waals surface area contributed by atoms with E-state index in [1.165, 1.54) is 30.5 Å². The predicted octanol–water partition coefficient (Wildman–Crippen LogP) is 4.39. The highest BCUT2D eigenvalue weighted by Gasteiger charge is 2.35. The summed E-state index contributed by atoms with van der Waals surface area (Å²) in [5.74, 6) is 2.00. The summed E-state index contributed by atoms with van der Waals surface area (Å²) in [6.45, 7) is 6.08. The van der Waals surface area contributed by atoms with Crippen molar-refractivity contribution >= 4 is 22.6 Å². The van der Waals surface area contributed by atoms with Crippen molar-refractivity contribution in [3.8, 4) is 11.3 Å². The molecule has 0 spiro atoms. The van der Waals surface area contributed by atoms with Gasteiger partial charge in [-0.1, -0.05) is 6.92 Å². The molecule has 0 bridgehead atoms. The summed E-state index contributed by atoms with van der Waals surface area (Å²) >= 11 is 0. The molecule has 1 saturated heterocycles. The van der Waals surface area contributed by atoms with E-state index in [0.717, 1.165) is 29.8 Å². The molecule has 0 atom stereocenters. The number of imidazole rings is 1. The largest absolute Gasteiger partial charge is 0.350 e. The maximum atomic E-state index is 13.1. The van der Waals surface area contributed by atoms with Crippen molar-refractivity contribution in [1.82, 2.24) is 34.0 Å². The van der Waals surface area contributed by atoms with E-state index < -0.39 is 13.0 Å². The number of hydrogen-bond acceptors (Lipinski definition) is 6. The smallest absolute Gasteiger partial charge is 0.256 e. The fourth-order valence-corrected chi connectivity index (χ4v) is 5.38. The van der Waals surface area contributed by atoms with E-state index in [1.807, 2.05) is 24.4 Å². The van der Waals surface area contributed by atoms with Crippen LogP contribution in [0.3, 0.4) is 0 Å². The zero-order valence-corrected chi connectivity index (χ0v) is 20.0. The number of piperidine rings is 1. The van der Waals surface area contributed by atoms with Gasteiger partial charge in [-0.15, -0.1) is 5.10 Å². The minimum absolute atomic E-state index is 0.397. The number of hydrogen-bond donors (Lipinski definition) is 1. The van der Waals surface area contributed by atoms with Crippen molar-refractivity contribution in [2.75, 3.05) is 18.4 Å². The average molecular weight is 481 g/mol. The number of alkyl halides is 2. The average Bonchev–Trinajstić information content (AvgIpc) is 3.36. The lowest BCUT2D eigenvalue weighted by atomic mass is 9.83. The van der Waals surface area contributed by atoms with Crippen molar-refractivity contribution < 1.29 is 8.78 Å². The minimum Gasteiger partial charge on any atom is -0.350 e. The number of aryl methyl sites for hydroxylation is 1. The molecule has 2 aliphatic rings. The third kappa shape index (κ3) is 4.24. The topological polar surface area (TPSA) is 76.2 Å². The molecule has 10 heteroatoms. The molecular weight excluding hydrogens is 450 g/mol. The normalized spacial score (nSPS) is 21.7. The Labute approximate surface area is 202 Å². The number of nitrogens with one attached hydrogen (secondary N) is 1. The standard InChI is InChI=1S/C25H30F2N8/c1-15-5-8-33(9-6-15)18-11-17(12-18)30-25-28-13-22-19(7-10-35(22)32-25)20-3-4-21-24(31-20)34(14-23(26)27)16(2)29-21/h3-4,7,10,13,15,17-18,23H,5-6,8-9,11-12,14H2,1-2H3,(H,30,32). The van der Waals surface area contributed by atoms with E-state index in [2.05, 4.69) is 37.2 Å². The van der Waals surface area contributed by atoms with Gasteiger partial charge in [0.05, 0.1) is 24.0 Å². The fourth-order valence-electron chi connectivity index (χ4n) is 5.38. The number of halogens is 2. The Morgan fingerprint density at radius 1 is 1.11 bits per heavy atom. The Kier molecular flexibility index (Phi) is 5.63. The molecule has 0 amide bonds. The van der Waals surface area contributed by atoms with Crippen LogP contribution in [0.2, 0.25) is 0 Å². The van der Waals surface area contributed by atoms with Crippen LogP contribution in [0.4, 0.5) is 14.7 Å². The molecule has 1 saturated carbocycles. The van der Waals surface area contributed by atoms with Crippen molar-refractivity contribution in [2.45, 2.75) is 64.6 Å². The van der Waals surface area contributed by atoms with Crippen LogP contribution in [0.1, 0.15) is 38.4 Å². The van der Waals surface area contributed by atoms with E-state index in [4.69, 9.17) is 0 Å². The van der Waals surface area contributed by atoms with Crippen LogP contribution in [-0.4, -0.2) is 65.6 Å². The molecular formula is C25H30F2N8. The highest BCUT2D eigenvalue weighted by molar-refractivity contribution is 5.82. The predicted molar refractivity (Wildman–Crippen MR) is 131 cm³/mol. The van der Waals surface area contributed by atoms with Crippen molar-refractivity contribution in [3.05, 3.63) is 36.4 Å². The van der Waals surface area contributed by atoms with Gasteiger partial charge >= 0.3 is 0 Å². The highest BCUT2D eigenvalue weighted by Crippen LogP contribution is 2.31. The van der Waals surface area contributed by atoms with Crippen LogP contribution in [0.25, 0.3) is 27.9 Å². The van der Waals surface area contributed by atoms with Crippen LogP contribution in [-0.2, 0) is 6.54 Å². The van der Waals surface area contributed by atoms with Crippen LogP contribution in [0, 0.1) is 12.8 Å². The summed E-state index contributed by atoms with van der Waals surface area (Å²) in [7, 11) is 0. The molecule has 35 heavy (non-hydrogen) atoms. The molecule has 0 aromatic carbocycles. The number of anilines is 1. The van der Waals surface area contributed by atoms with E-state index >= 15 is 0 Å².